The molecule has 0 aliphatic carbocycles. The van der Waals surface area contributed by atoms with E-state index in [1.807, 2.05) is 35.3 Å². The van der Waals surface area contributed by atoms with Crippen LogP contribution in [0.2, 0.25) is 0 Å². The Labute approximate surface area is 134 Å². The van der Waals surface area contributed by atoms with E-state index < -0.39 is 0 Å². The minimum absolute atomic E-state index is 0.786. The second-order valence-corrected chi connectivity index (χ2v) is 5.78. The molecule has 0 fully saturated rings. The number of hydrazine groups is 2. The average Bonchev–Trinajstić information content (AvgIpc) is 3.02. The van der Waals surface area contributed by atoms with Gasteiger partial charge in [0.05, 0.1) is 12.8 Å². The fourth-order valence-electron chi connectivity index (χ4n) is 2.26. The molecule has 2 aromatic rings. The van der Waals surface area contributed by atoms with Gasteiger partial charge in [0.15, 0.2) is 0 Å². The van der Waals surface area contributed by atoms with E-state index in [1.165, 1.54) is 5.56 Å². The van der Waals surface area contributed by atoms with E-state index in [9.17, 15) is 0 Å². The van der Waals surface area contributed by atoms with E-state index in [0.29, 0.717) is 0 Å². The van der Waals surface area contributed by atoms with Crippen LogP contribution in [-0.2, 0) is 5.75 Å². The molecule has 0 saturated heterocycles. The molecule has 0 unspecified atom stereocenters. The number of amidine groups is 1. The Balaban J connectivity index is 1.73. The highest BCUT2D eigenvalue weighted by atomic mass is 32.2. The molecule has 0 radical (unpaired) electrons. The van der Waals surface area contributed by atoms with Crippen LogP contribution in [0.5, 0.6) is 5.75 Å². The van der Waals surface area contributed by atoms with Gasteiger partial charge in [-0.25, -0.2) is 10.5 Å². The minimum Gasteiger partial charge on any atom is -0.496 e. The number of nitrogens with zero attached hydrogens (tertiary/aromatic N) is 2. The van der Waals surface area contributed by atoms with E-state index in [4.69, 9.17) is 4.74 Å². The number of nitrogens with one attached hydrogen (secondary N) is 2. The van der Waals surface area contributed by atoms with Gasteiger partial charge in [0.25, 0.3) is 0 Å². The van der Waals surface area contributed by atoms with Crippen LogP contribution in [0, 0.1) is 6.92 Å². The predicted octanol–water partition coefficient (Wildman–Crippen LogP) is 3.04. The molecule has 0 amide bonds. The van der Waals surface area contributed by atoms with Crippen molar-refractivity contribution in [3.05, 3.63) is 59.7 Å². The lowest BCUT2D eigenvalue weighted by Gasteiger charge is -2.20. The molecule has 0 saturated carbocycles. The zero-order valence-electron chi connectivity index (χ0n) is 12.5. The van der Waals surface area contributed by atoms with Crippen LogP contribution >= 0.6 is 11.8 Å². The first-order chi connectivity index (χ1) is 10.8. The Morgan fingerprint density at radius 2 is 1.91 bits per heavy atom. The summed E-state index contributed by atoms with van der Waals surface area (Å²) >= 11 is 1.65. The summed E-state index contributed by atoms with van der Waals surface area (Å²) in [6.07, 6.45) is 0. The van der Waals surface area contributed by atoms with Crippen LogP contribution in [0.15, 0.2) is 53.6 Å². The zero-order chi connectivity index (χ0) is 15.4. The molecule has 2 N–H and O–H groups in total. The predicted molar refractivity (Wildman–Crippen MR) is 91.7 cm³/mol. The van der Waals surface area contributed by atoms with Gasteiger partial charge in [-0.1, -0.05) is 48.2 Å². The molecule has 1 heterocycles. The van der Waals surface area contributed by atoms with Gasteiger partial charge in [-0.05, 0) is 24.6 Å². The number of hydrazone groups is 1. The molecule has 1 aliphatic heterocycles. The van der Waals surface area contributed by atoms with Crippen molar-refractivity contribution in [3.8, 4) is 5.75 Å². The highest BCUT2D eigenvalue weighted by Gasteiger charge is 2.21. The number of aryl methyl sites for hydroxylation is 1. The lowest BCUT2D eigenvalue weighted by molar-refractivity contribution is 0.411. The third kappa shape index (κ3) is 3.03. The maximum atomic E-state index is 5.39. The van der Waals surface area contributed by atoms with Gasteiger partial charge < -0.3 is 4.74 Å². The van der Waals surface area contributed by atoms with Gasteiger partial charge >= 0.3 is 0 Å². The van der Waals surface area contributed by atoms with E-state index in [1.54, 1.807) is 18.9 Å². The zero-order valence-corrected chi connectivity index (χ0v) is 13.4. The number of methoxy groups -OCH3 is 1. The molecule has 0 spiro atoms. The van der Waals surface area contributed by atoms with Crippen LogP contribution in [0.4, 0.5) is 5.69 Å². The van der Waals surface area contributed by atoms with E-state index in [0.717, 1.165) is 27.9 Å². The Morgan fingerprint density at radius 1 is 1.14 bits per heavy atom. The molecule has 3 rings (SSSR count). The number of anilines is 1. The van der Waals surface area contributed by atoms with Gasteiger partial charge in [-0.3, -0.25) is 0 Å². The summed E-state index contributed by atoms with van der Waals surface area (Å²) in [6, 6.07) is 16.2. The lowest BCUT2D eigenvalue weighted by Crippen LogP contribution is -2.40. The lowest BCUT2D eigenvalue weighted by atomic mass is 10.2. The van der Waals surface area contributed by atoms with Crippen LogP contribution in [-0.4, -0.2) is 12.3 Å². The molecule has 114 valence electrons. The molecular formula is C16H18N4OS. The summed E-state index contributed by atoms with van der Waals surface area (Å²) in [5.74, 6) is 1.69. The molecule has 0 aromatic heterocycles. The first-order valence-electron chi connectivity index (χ1n) is 6.98. The van der Waals surface area contributed by atoms with E-state index in [-0.39, 0.29) is 0 Å². The standard InChI is InChI=1S/C16H18N4OS/c1-12-7-3-5-9-14(12)20-16(17-18-19-20)22-11-13-8-4-6-10-15(13)21-2/h3-10,18-19H,11H2,1-2H3. The second kappa shape index (κ2) is 6.72. The maximum absolute atomic E-state index is 5.39. The molecular weight excluding hydrogens is 296 g/mol. The van der Waals surface area contributed by atoms with Gasteiger partial charge in [0, 0.05) is 11.3 Å². The summed E-state index contributed by atoms with van der Waals surface area (Å²) in [5.41, 5.74) is 9.30. The number of ether oxygens (including phenoxy) is 1. The summed E-state index contributed by atoms with van der Waals surface area (Å²) in [4.78, 5) is 0. The number of thioether (sulfide) groups is 1. The first kappa shape index (κ1) is 14.7. The highest BCUT2D eigenvalue weighted by Crippen LogP contribution is 2.27. The monoisotopic (exact) mass is 314 g/mol. The number of para-hydroxylation sites is 2. The molecule has 0 bridgehead atoms. The van der Waals surface area contributed by atoms with Crippen molar-refractivity contribution in [2.75, 3.05) is 12.1 Å². The van der Waals surface area contributed by atoms with Gasteiger partial charge in [-0.15, -0.1) is 10.6 Å². The van der Waals surface area contributed by atoms with Crippen LogP contribution in [0.1, 0.15) is 11.1 Å². The van der Waals surface area contributed by atoms with E-state index in [2.05, 4.69) is 41.3 Å². The summed E-state index contributed by atoms with van der Waals surface area (Å²) in [6.45, 7) is 2.08. The topological polar surface area (TPSA) is 48.9 Å². The highest BCUT2D eigenvalue weighted by molar-refractivity contribution is 8.13. The normalized spacial score (nSPS) is 13.7. The van der Waals surface area contributed by atoms with E-state index >= 15 is 0 Å². The van der Waals surface area contributed by atoms with Crippen molar-refractivity contribution in [1.29, 1.82) is 0 Å². The molecule has 2 aromatic carbocycles. The number of hydrogen-bond donors (Lipinski definition) is 2. The van der Waals surface area contributed by atoms with Crippen molar-refractivity contribution >= 4 is 22.6 Å². The number of benzene rings is 2. The van der Waals surface area contributed by atoms with Crippen LogP contribution in [0.3, 0.4) is 0 Å². The Hall–Kier alpha value is -2.18. The Morgan fingerprint density at radius 3 is 2.73 bits per heavy atom. The second-order valence-electron chi connectivity index (χ2n) is 4.84. The van der Waals surface area contributed by atoms with Crippen molar-refractivity contribution in [1.82, 2.24) is 11.1 Å². The van der Waals surface area contributed by atoms with Gasteiger partial charge in [-0.2, -0.15) is 0 Å². The summed E-state index contributed by atoms with van der Waals surface area (Å²) < 4.78 is 5.39. The fourth-order valence-corrected chi connectivity index (χ4v) is 3.17. The smallest absolute Gasteiger partial charge is 0.205 e. The number of rotatable bonds is 4. The molecule has 6 heteroatoms. The fraction of sp³-hybridized carbons (Fsp3) is 0.188. The number of hydrogen-bond acceptors (Lipinski definition) is 6. The van der Waals surface area contributed by atoms with Crippen molar-refractivity contribution in [2.45, 2.75) is 12.7 Å². The Bertz CT molecular complexity index is 689. The average molecular weight is 314 g/mol. The van der Waals surface area contributed by atoms with Crippen LogP contribution < -0.4 is 20.8 Å². The Kier molecular flexibility index (Phi) is 4.50. The largest absolute Gasteiger partial charge is 0.496 e. The molecule has 22 heavy (non-hydrogen) atoms. The van der Waals surface area contributed by atoms with Crippen molar-refractivity contribution in [3.63, 3.8) is 0 Å². The summed E-state index contributed by atoms with van der Waals surface area (Å²) in [5, 5.41) is 7.14. The SMILES string of the molecule is COc1ccccc1CSC1=NNNN1c1ccccc1C. The van der Waals surface area contributed by atoms with Gasteiger partial charge in [0.1, 0.15) is 5.75 Å². The summed E-state index contributed by atoms with van der Waals surface area (Å²) in [7, 11) is 1.69. The van der Waals surface area contributed by atoms with Crippen LogP contribution in [0.25, 0.3) is 0 Å². The third-order valence-electron chi connectivity index (χ3n) is 3.41. The first-order valence-corrected chi connectivity index (χ1v) is 7.97. The molecule has 0 atom stereocenters. The van der Waals surface area contributed by atoms with Crippen molar-refractivity contribution < 1.29 is 4.74 Å². The molecule has 5 nitrogen and oxygen atoms in total. The van der Waals surface area contributed by atoms with Crippen molar-refractivity contribution in [2.24, 2.45) is 5.10 Å². The maximum Gasteiger partial charge on any atom is 0.205 e. The molecule has 1 aliphatic rings. The third-order valence-corrected chi connectivity index (χ3v) is 4.40. The quantitative estimate of drug-likeness (QED) is 0.908. The minimum atomic E-state index is 0.786. The van der Waals surface area contributed by atoms with Gasteiger partial charge in [0.2, 0.25) is 5.17 Å².